The summed E-state index contributed by atoms with van der Waals surface area (Å²) in [4.78, 5) is 0. The third kappa shape index (κ3) is 3.68. The Hall–Kier alpha value is -1.56. The average molecular weight is 374 g/mol. The highest BCUT2D eigenvalue weighted by Gasteiger charge is 2.49. The van der Waals surface area contributed by atoms with Gasteiger partial charge in [-0.05, 0) is 43.2 Å². The molecule has 2 atom stereocenters. The fourth-order valence-corrected chi connectivity index (χ4v) is 6.19. The molecule has 132 valence electrons. The number of benzene rings is 2. The number of hydrogen-bond acceptors (Lipinski definition) is 3. The lowest BCUT2D eigenvalue weighted by atomic mass is 9.91. The van der Waals surface area contributed by atoms with Gasteiger partial charge < -0.3 is 0 Å². The number of primary sulfonamides is 1. The summed E-state index contributed by atoms with van der Waals surface area (Å²) in [5.74, 6) is 0. The van der Waals surface area contributed by atoms with E-state index in [1.165, 1.54) is 17.3 Å². The van der Waals surface area contributed by atoms with E-state index in [0.29, 0.717) is 12.8 Å². The highest BCUT2D eigenvalue weighted by atomic mass is 32.2. The summed E-state index contributed by atoms with van der Waals surface area (Å²) in [6.45, 7) is 4.06. The lowest BCUT2D eigenvalue weighted by Crippen LogP contribution is -2.44. The molecule has 0 fully saturated rings. The summed E-state index contributed by atoms with van der Waals surface area (Å²) in [6.07, 6.45) is 2.92. The van der Waals surface area contributed by atoms with Crippen LogP contribution in [0.5, 0.6) is 0 Å². The van der Waals surface area contributed by atoms with E-state index in [4.69, 9.17) is 5.14 Å². The average Bonchev–Trinajstić information content (AvgIpc) is 3.00. The lowest BCUT2D eigenvalue weighted by molar-refractivity contribution is 0.529. The topological polar surface area (TPSA) is 60.2 Å². The largest absolute Gasteiger partial charge is 0.228 e. The van der Waals surface area contributed by atoms with Gasteiger partial charge in [0.05, 0.1) is 5.25 Å². The van der Waals surface area contributed by atoms with Crippen molar-refractivity contribution in [3.8, 4) is 0 Å². The van der Waals surface area contributed by atoms with Crippen molar-refractivity contribution in [2.45, 2.75) is 36.7 Å². The van der Waals surface area contributed by atoms with Gasteiger partial charge in [0.25, 0.3) is 0 Å². The fraction of sp³-hybridized carbons (Fsp3) is 0.300. The van der Waals surface area contributed by atoms with Crippen LogP contribution in [0, 0.1) is 13.8 Å². The molecule has 3 nitrogen and oxygen atoms in total. The Kier molecular flexibility index (Phi) is 5.09. The molecule has 2 aromatic carbocycles. The van der Waals surface area contributed by atoms with Crippen LogP contribution in [-0.4, -0.2) is 13.2 Å². The summed E-state index contributed by atoms with van der Waals surface area (Å²) in [5.41, 5.74) is 4.47. The van der Waals surface area contributed by atoms with Crippen LogP contribution < -0.4 is 5.14 Å². The normalized spacial score (nSPS) is 23.1. The van der Waals surface area contributed by atoms with Crippen LogP contribution in [0.4, 0.5) is 0 Å². The number of thioether (sulfide) groups is 1. The minimum Gasteiger partial charge on any atom is -0.228 e. The molecule has 0 aromatic heterocycles. The van der Waals surface area contributed by atoms with Gasteiger partial charge in [-0.15, -0.1) is 11.8 Å². The van der Waals surface area contributed by atoms with E-state index in [9.17, 15) is 8.42 Å². The monoisotopic (exact) mass is 373 g/mol. The number of nitrogens with two attached hydrogens (primary N) is 1. The quantitative estimate of drug-likeness (QED) is 0.851. The Balaban J connectivity index is 1.93. The van der Waals surface area contributed by atoms with Crippen LogP contribution in [0.3, 0.4) is 0 Å². The zero-order chi connectivity index (χ0) is 18.1. The van der Waals surface area contributed by atoms with Crippen LogP contribution in [0.25, 0.3) is 0 Å². The molecule has 0 amide bonds. The first kappa shape index (κ1) is 18.2. The SMILES string of the molecule is Cc1ccc(CCC2(S(N)(=O)=O)C=CSC2c2ccc(C)cc2)cc1. The van der Waals surface area contributed by atoms with Gasteiger partial charge in [0.15, 0.2) is 0 Å². The van der Waals surface area contributed by atoms with Crippen LogP contribution in [0.1, 0.15) is 33.9 Å². The summed E-state index contributed by atoms with van der Waals surface area (Å²) in [7, 11) is -3.76. The van der Waals surface area contributed by atoms with E-state index in [1.807, 2.05) is 43.5 Å². The maximum Gasteiger partial charge on any atom is 0.219 e. The maximum atomic E-state index is 12.6. The van der Waals surface area contributed by atoms with E-state index in [0.717, 1.165) is 16.7 Å². The predicted molar refractivity (Wildman–Crippen MR) is 106 cm³/mol. The Labute approximate surface area is 154 Å². The lowest BCUT2D eigenvalue weighted by Gasteiger charge is -2.32. The van der Waals surface area contributed by atoms with Gasteiger partial charge in [-0.1, -0.05) is 65.7 Å². The Morgan fingerprint density at radius 3 is 2.12 bits per heavy atom. The molecule has 25 heavy (non-hydrogen) atoms. The van der Waals surface area contributed by atoms with E-state index < -0.39 is 14.8 Å². The van der Waals surface area contributed by atoms with Crippen LogP contribution >= 0.6 is 11.8 Å². The van der Waals surface area contributed by atoms with Gasteiger partial charge in [-0.2, -0.15) is 0 Å². The first-order valence-electron chi connectivity index (χ1n) is 8.29. The third-order valence-electron chi connectivity index (χ3n) is 4.84. The molecule has 0 saturated heterocycles. The van der Waals surface area contributed by atoms with Crippen LogP contribution in [0.15, 0.2) is 60.0 Å². The first-order valence-corrected chi connectivity index (χ1v) is 10.8. The van der Waals surface area contributed by atoms with Crippen molar-refractivity contribution in [3.63, 3.8) is 0 Å². The molecule has 0 bridgehead atoms. The van der Waals surface area contributed by atoms with E-state index in [2.05, 4.69) is 24.3 Å². The minimum atomic E-state index is -3.76. The molecule has 1 aliphatic heterocycles. The second-order valence-electron chi connectivity index (χ2n) is 6.72. The van der Waals surface area contributed by atoms with Crippen LogP contribution in [-0.2, 0) is 16.4 Å². The van der Waals surface area contributed by atoms with Crippen LogP contribution in [0.2, 0.25) is 0 Å². The van der Waals surface area contributed by atoms with Gasteiger partial charge in [0.1, 0.15) is 4.75 Å². The molecule has 1 aliphatic rings. The van der Waals surface area contributed by atoms with Crippen molar-refractivity contribution in [1.82, 2.24) is 0 Å². The summed E-state index contributed by atoms with van der Waals surface area (Å²) >= 11 is 1.53. The molecule has 2 N–H and O–H groups in total. The fourth-order valence-electron chi connectivity index (χ4n) is 3.23. The molecule has 3 rings (SSSR count). The van der Waals surface area contributed by atoms with Gasteiger partial charge >= 0.3 is 0 Å². The number of aryl methyl sites for hydroxylation is 3. The van der Waals surface area contributed by atoms with Crippen molar-refractivity contribution in [3.05, 3.63) is 82.3 Å². The number of rotatable bonds is 5. The smallest absolute Gasteiger partial charge is 0.219 e. The van der Waals surface area contributed by atoms with E-state index in [1.54, 1.807) is 6.08 Å². The van der Waals surface area contributed by atoms with Gasteiger partial charge in [-0.25, -0.2) is 13.6 Å². The number of sulfonamides is 1. The Bertz CT molecular complexity index is 871. The zero-order valence-electron chi connectivity index (χ0n) is 14.5. The zero-order valence-corrected chi connectivity index (χ0v) is 16.1. The molecule has 0 aliphatic carbocycles. The number of hydrogen-bond donors (Lipinski definition) is 1. The molecule has 0 spiro atoms. The highest BCUT2D eigenvalue weighted by Crippen LogP contribution is 2.51. The Morgan fingerprint density at radius 1 is 1.00 bits per heavy atom. The molecule has 5 heteroatoms. The maximum absolute atomic E-state index is 12.6. The molecule has 0 saturated carbocycles. The molecule has 0 radical (unpaired) electrons. The highest BCUT2D eigenvalue weighted by molar-refractivity contribution is 8.04. The van der Waals surface area contributed by atoms with Crippen molar-refractivity contribution in [1.29, 1.82) is 0 Å². The molecule has 1 heterocycles. The summed E-state index contributed by atoms with van der Waals surface area (Å²) in [6, 6.07) is 16.3. The van der Waals surface area contributed by atoms with Crippen molar-refractivity contribution in [2.24, 2.45) is 5.14 Å². The van der Waals surface area contributed by atoms with Crippen molar-refractivity contribution < 1.29 is 8.42 Å². The van der Waals surface area contributed by atoms with Gasteiger partial charge in [0, 0.05) is 0 Å². The van der Waals surface area contributed by atoms with Crippen molar-refractivity contribution in [2.75, 3.05) is 0 Å². The van der Waals surface area contributed by atoms with E-state index in [-0.39, 0.29) is 5.25 Å². The van der Waals surface area contributed by atoms with Gasteiger partial charge in [0.2, 0.25) is 10.0 Å². The third-order valence-corrected chi connectivity index (χ3v) is 7.89. The predicted octanol–water partition coefficient (Wildman–Crippen LogP) is 4.27. The van der Waals surface area contributed by atoms with E-state index >= 15 is 0 Å². The molecular formula is C20H23NO2S2. The summed E-state index contributed by atoms with van der Waals surface area (Å²) < 4.78 is 24.1. The molecular weight excluding hydrogens is 350 g/mol. The first-order chi connectivity index (χ1) is 11.8. The minimum absolute atomic E-state index is 0.214. The second kappa shape index (κ2) is 6.98. The molecule has 2 aromatic rings. The van der Waals surface area contributed by atoms with Crippen molar-refractivity contribution >= 4 is 21.8 Å². The summed E-state index contributed by atoms with van der Waals surface area (Å²) in [5, 5.41) is 7.39. The van der Waals surface area contributed by atoms with Gasteiger partial charge in [-0.3, -0.25) is 0 Å². The molecule has 2 unspecified atom stereocenters. The standard InChI is InChI=1S/C20H23NO2S2/c1-15-3-7-17(8-4-15)11-12-20(25(21,22)23)13-14-24-19(20)18-9-5-16(2)6-10-18/h3-10,13-14,19H,11-12H2,1-2H3,(H2,21,22,23). The Morgan fingerprint density at radius 2 is 1.56 bits per heavy atom. The second-order valence-corrected chi connectivity index (χ2v) is 9.58.